The number of thiophene rings is 1. The van der Waals surface area contributed by atoms with E-state index in [1.54, 1.807) is 11.3 Å². The lowest BCUT2D eigenvalue weighted by Gasteiger charge is -2.21. The molecule has 0 saturated heterocycles. The molecule has 124 valence electrons. The summed E-state index contributed by atoms with van der Waals surface area (Å²) in [5.74, 6) is -0.0563. The average molecular weight is 340 g/mol. The summed E-state index contributed by atoms with van der Waals surface area (Å²) in [6.45, 7) is 5.60. The Morgan fingerprint density at radius 3 is 2.62 bits per heavy atom. The number of aromatic hydroxyl groups is 1. The SMILES string of the molecule is Cc1ccc2ccc(C(NC(=O)C(C)C)c3cccs3)c(O)c2n1. The van der Waals surface area contributed by atoms with Gasteiger partial charge in [-0.25, -0.2) is 4.98 Å². The fourth-order valence-electron chi connectivity index (χ4n) is 2.59. The number of hydrogen-bond acceptors (Lipinski definition) is 4. The van der Waals surface area contributed by atoms with Crippen molar-refractivity contribution in [1.82, 2.24) is 10.3 Å². The van der Waals surface area contributed by atoms with Crippen LogP contribution in [0.5, 0.6) is 5.75 Å². The van der Waals surface area contributed by atoms with Gasteiger partial charge in [0, 0.05) is 27.4 Å². The molecule has 0 fully saturated rings. The van der Waals surface area contributed by atoms with Crippen molar-refractivity contribution in [2.24, 2.45) is 5.92 Å². The number of carbonyl (C=O) groups is 1. The van der Waals surface area contributed by atoms with Crippen LogP contribution in [0, 0.1) is 12.8 Å². The lowest BCUT2D eigenvalue weighted by atomic mass is 10.0. The number of rotatable bonds is 4. The van der Waals surface area contributed by atoms with Gasteiger partial charge in [-0.2, -0.15) is 0 Å². The highest BCUT2D eigenvalue weighted by atomic mass is 32.1. The number of aryl methyl sites for hydroxylation is 1. The minimum Gasteiger partial charge on any atom is -0.505 e. The van der Waals surface area contributed by atoms with Crippen molar-refractivity contribution in [3.63, 3.8) is 0 Å². The lowest BCUT2D eigenvalue weighted by Crippen LogP contribution is -2.32. The summed E-state index contributed by atoms with van der Waals surface area (Å²) in [7, 11) is 0. The highest BCUT2D eigenvalue weighted by molar-refractivity contribution is 7.10. The summed E-state index contributed by atoms with van der Waals surface area (Å²) in [4.78, 5) is 17.7. The number of nitrogens with one attached hydrogen (secondary N) is 1. The van der Waals surface area contributed by atoms with Crippen molar-refractivity contribution < 1.29 is 9.90 Å². The van der Waals surface area contributed by atoms with E-state index in [0.717, 1.165) is 16.0 Å². The normalized spacial score (nSPS) is 12.5. The molecule has 0 bridgehead atoms. The van der Waals surface area contributed by atoms with E-state index in [2.05, 4.69) is 10.3 Å². The molecule has 4 nitrogen and oxygen atoms in total. The first-order valence-electron chi connectivity index (χ1n) is 7.90. The van der Waals surface area contributed by atoms with Crippen LogP contribution in [0.25, 0.3) is 10.9 Å². The van der Waals surface area contributed by atoms with Crippen LogP contribution in [0.3, 0.4) is 0 Å². The fraction of sp³-hybridized carbons (Fsp3) is 0.263. The number of hydrogen-bond donors (Lipinski definition) is 2. The lowest BCUT2D eigenvalue weighted by molar-refractivity contribution is -0.124. The van der Waals surface area contributed by atoms with Crippen LogP contribution in [-0.4, -0.2) is 16.0 Å². The Bertz CT molecular complexity index is 872. The molecule has 0 aliphatic carbocycles. The molecular weight excluding hydrogens is 320 g/mol. The highest BCUT2D eigenvalue weighted by Gasteiger charge is 2.23. The molecule has 1 atom stereocenters. The van der Waals surface area contributed by atoms with E-state index in [1.807, 2.05) is 62.5 Å². The molecule has 0 aliphatic rings. The largest absolute Gasteiger partial charge is 0.505 e. The van der Waals surface area contributed by atoms with Gasteiger partial charge in [-0.05, 0) is 24.4 Å². The topological polar surface area (TPSA) is 62.2 Å². The van der Waals surface area contributed by atoms with E-state index in [9.17, 15) is 9.90 Å². The summed E-state index contributed by atoms with van der Waals surface area (Å²) in [5.41, 5.74) is 2.07. The Morgan fingerprint density at radius 1 is 1.21 bits per heavy atom. The zero-order valence-corrected chi connectivity index (χ0v) is 14.7. The molecule has 0 spiro atoms. The molecule has 0 saturated carbocycles. The van der Waals surface area contributed by atoms with Crippen LogP contribution in [0.15, 0.2) is 41.8 Å². The van der Waals surface area contributed by atoms with E-state index >= 15 is 0 Å². The maximum atomic E-state index is 12.2. The first-order chi connectivity index (χ1) is 11.5. The van der Waals surface area contributed by atoms with Gasteiger partial charge in [0.1, 0.15) is 11.3 Å². The summed E-state index contributed by atoms with van der Waals surface area (Å²) < 4.78 is 0. The zero-order valence-electron chi connectivity index (χ0n) is 13.9. The number of pyridine rings is 1. The Labute approximate surface area is 145 Å². The van der Waals surface area contributed by atoms with Gasteiger partial charge < -0.3 is 10.4 Å². The maximum absolute atomic E-state index is 12.2. The van der Waals surface area contributed by atoms with Crippen molar-refractivity contribution >= 4 is 28.1 Å². The first kappa shape index (κ1) is 16.5. The molecule has 3 rings (SSSR count). The number of aromatic nitrogens is 1. The molecule has 0 radical (unpaired) electrons. The number of benzene rings is 1. The van der Waals surface area contributed by atoms with Gasteiger partial charge in [0.15, 0.2) is 0 Å². The summed E-state index contributed by atoms with van der Waals surface area (Å²) in [6, 6.07) is 11.2. The van der Waals surface area contributed by atoms with Crippen molar-refractivity contribution in [1.29, 1.82) is 0 Å². The van der Waals surface area contributed by atoms with Crippen LogP contribution < -0.4 is 5.32 Å². The van der Waals surface area contributed by atoms with Gasteiger partial charge in [-0.15, -0.1) is 11.3 Å². The van der Waals surface area contributed by atoms with Gasteiger partial charge in [0.2, 0.25) is 5.91 Å². The molecule has 24 heavy (non-hydrogen) atoms. The van der Waals surface area contributed by atoms with Gasteiger partial charge in [0.25, 0.3) is 0 Å². The van der Waals surface area contributed by atoms with Gasteiger partial charge in [0.05, 0.1) is 6.04 Å². The second-order valence-electron chi connectivity index (χ2n) is 6.14. The van der Waals surface area contributed by atoms with Crippen molar-refractivity contribution in [2.75, 3.05) is 0 Å². The molecule has 2 N–H and O–H groups in total. The van der Waals surface area contributed by atoms with Crippen LogP contribution >= 0.6 is 11.3 Å². The van der Waals surface area contributed by atoms with E-state index in [1.165, 1.54) is 0 Å². The fourth-order valence-corrected chi connectivity index (χ4v) is 3.38. The minimum absolute atomic E-state index is 0.0508. The number of nitrogens with zero attached hydrogens (tertiary/aromatic N) is 1. The van der Waals surface area contributed by atoms with Crippen molar-refractivity contribution in [3.8, 4) is 5.75 Å². The van der Waals surface area contributed by atoms with Crippen molar-refractivity contribution in [2.45, 2.75) is 26.8 Å². The molecule has 2 heterocycles. The smallest absolute Gasteiger partial charge is 0.223 e. The van der Waals surface area contributed by atoms with Crippen LogP contribution in [0.4, 0.5) is 0 Å². The molecule has 3 aromatic rings. The maximum Gasteiger partial charge on any atom is 0.223 e. The molecule has 0 aliphatic heterocycles. The minimum atomic E-state index is -0.383. The summed E-state index contributed by atoms with van der Waals surface area (Å²) in [6.07, 6.45) is 0. The van der Waals surface area contributed by atoms with E-state index in [4.69, 9.17) is 0 Å². The summed E-state index contributed by atoms with van der Waals surface area (Å²) in [5, 5.41) is 16.7. The zero-order chi connectivity index (χ0) is 17.3. The third-order valence-electron chi connectivity index (χ3n) is 3.96. The quantitative estimate of drug-likeness (QED) is 0.749. The van der Waals surface area contributed by atoms with E-state index in [0.29, 0.717) is 11.1 Å². The van der Waals surface area contributed by atoms with Gasteiger partial charge in [-0.1, -0.05) is 38.1 Å². The van der Waals surface area contributed by atoms with Crippen LogP contribution in [0.2, 0.25) is 0 Å². The van der Waals surface area contributed by atoms with Crippen molar-refractivity contribution in [3.05, 3.63) is 57.9 Å². The van der Waals surface area contributed by atoms with Crippen LogP contribution in [-0.2, 0) is 4.79 Å². The second kappa shape index (κ2) is 6.61. The van der Waals surface area contributed by atoms with Gasteiger partial charge in [-0.3, -0.25) is 4.79 Å². The Kier molecular flexibility index (Phi) is 4.53. The molecule has 1 unspecified atom stereocenters. The molecular formula is C19H20N2O2S. The predicted molar refractivity (Wildman–Crippen MR) is 97.3 cm³/mol. The molecule has 5 heteroatoms. The number of phenolic OH excluding ortho intramolecular Hbond substituents is 1. The Hall–Kier alpha value is -2.40. The Balaban J connectivity index is 2.12. The monoisotopic (exact) mass is 340 g/mol. The third-order valence-corrected chi connectivity index (χ3v) is 4.89. The number of phenols is 1. The molecule has 1 amide bonds. The standard InChI is InChI=1S/C19H20N2O2S/c1-11(2)19(23)21-17(15-5-4-10-24-15)14-9-8-13-7-6-12(3)20-16(13)18(14)22/h4-11,17,22H,1-3H3,(H,21,23). The van der Waals surface area contributed by atoms with E-state index in [-0.39, 0.29) is 23.6 Å². The predicted octanol–water partition coefficient (Wildman–Crippen LogP) is 4.17. The first-order valence-corrected chi connectivity index (χ1v) is 8.78. The molecule has 2 aromatic heterocycles. The number of fused-ring (bicyclic) bond motifs is 1. The van der Waals surface area contributed by atoms with Crippen LogP contribution in [0.1, 0.15) is 36.0 Å². The highest BCUT2D eigenvalue weighted by Crippen LogP contribution is 2.36. The summed E-state index contributed by atoms with van der Waals surface area (Å²) >= 11 is 1.55. The number of carbonyl (C=O) groups excluding carboxylic acids is 1. The average Bonchev–Trinajstić information content (AvgIpc) is 3.08. The second-order valence-corrected chi connectivity index (χ2v) is 7.12. The molecule has 1 aromatic carbocycles. The van der Waals surface area contributed by atoms with E-state index < -0.39 is 0 Å². The van der Waals surface area contributed by atoms with Gasteiger partial charge >= 0.3 is 0 Å². The number of amides is 1. The Morgan fingerprint density at radius 2 is 1.96 bits per heavy atom. The third kappa shape index (κ3) is 3.12.